The lowest BCUT2D eigenvalue weighted by Gasteiger charge is -2.45. The maximum atomic E-state index is 13.7. The molecule has 1 fully saturated rings. The summed E-state index contributed by atoms with van der Waals surface area (Å²) in [5, 5.41) is 0. The Morgan fingerprint density at radius 1 is 0.632 bits per heavy atom. The minimum Gasteiger partial charge on any atom is -0.465 e. The van der Waals surface area contributed by atoms with E-state index < -0.39 is 76.2 Å². The molecule has 312 valence electrons. The van der Waals surface area contributed by atoms with Gasteiger partial charge >= 0.3 is 29.8 Å². The number of esters is 5. The van der Waals surface area contributed by atoms with Crippen molar-refractivity contribution < 1.29 is 52.4 Å². The van der Waals surface area contributed by atoms with Crippen LogP contribution in [0.3, 0.4) is 0 Å². The van der Waals surface area contributed by atoms with E-state index in [1.54, 1.807) is 89.3 Å². The second-order valence-electron chi connectivity index (χ2n) is 19.1. The van der Waals surface area contributed by atoms with Crippen LogP contribution in [0.4, 0.5) is 0 Å². The minimum atomic E-state index is -1.41. The second kappa shape index (κ2) is 17.5. The van der Waals surface area contributed by atoms with Crippen molar-refractivity contribution in [2.24, 2.45) is 26.7 Å². The van der Waals surface area contributed by atoms with Crippen molar-refractivity contribution in [1.29, 1.82) is 0 Å². The molecule has 57 heavy (non-hydrogen) atoms. The molecule has 0 aromatic heterocycles. The normalized spacial score (nSPS) is 21.6. The van der Waals surface area contributed by atoms with Gasteiger partial charge in [0.1, 0.15) is 12.7 Å². The van der Waals surface area contributed by atoms with Gasteiger partial charge in [0.05, 0.1) is 34.3 Å². The van der Waals surface area contributed by atoms with E-state index >= 15 is 0 Å². The molecule has 2 aromatic carbocycles. The standard InChI is InChI=1S/C45H61NO11/c1-42(2,3)38(48)53-25-32-33(55-39(49)43(4,5)6)34(56-40(50)44(7,8)9)35(57-41(51)45(10,11)12)36(54-32)46-24-30-22-26-14-15-27-17-19-29(21-20-28(30)18-16-26)31(23-27)37(47)52-13/h16-19,22-24,32-36H,14-15,20-21,25H2,1-13H3/b46-24+/t32-,33+,34+,35-,36-/m1/s1. The molecule has 0 spiro atoms. The average Bonchev–Trinajstić information content (AvgIpc) is 3.10. The van der Waals surface area contributed by atoms with Crippen molar-refractivity contribution in [2.45, 2.75) is 139 Å². The summed E-state index contributed by atoms with van der Waals surface area (Å²) < 4.78 is 35.8. The number of ether oxygens (including phenoxy) is 6. The van der Waals surface area contributed by atoms with Crippen LogP contribution in [-0.4, -0.2) is 80.4 Å². The van der Waals surface area contributed by atoms with Crippen LogP contribution < -0.4 is 0 Å². The van der Waals surface area contributed by atoms with Gasteiger partial charge in [-0.15, -0.1) is 0 Å². The molecular formula is C45H61NO11. The van der Waals surface area contributed by atoms with E-state index in [2.05, 4.69) is 6.07 Å². The fourth-order valence-corrected chi connectivity index (χ4v) is 5.98. The maximum absolute atomic E-state index is 13.7. The van der Waals surface area contributed by atoms with Crippen LogP contribution in [0.2, 0.25) is 0 Å². The molecule has 4 aliphatic carbocycles. The van der Waals surface area contributed by atoms with Crippen molar-refractivity contribution in [2.75, 3.05) is 13.7 Å². The zero-order valence-electron chi connectivity index (χ0n) is 35.9. The molecule has 0 radical (unpaired) electrons. The number of hydrogen-bond donors (Lipinski definition) is 0. The zero-order valence-corrected chi connectivity index (χ0v) is 35.9. The lowest BCUT2D eigenvalue weighted by Crippen LogP contribution is -2.63. The van der Waals surface area contributed by atoms with Gasteiger partial charge in [0.25, 0.3) is 0 Å². The smallest absolute Gasteiger partial charge is 0.338 e. The van der Waals surface area contributed by atoms with Gasteiger partial charge in [-0.3, -0.25) is 24.2 Å². The van der Waals surface area contributed by atoms with Crippen molar-refractivity contribution in [1.82, 2.24) is 0 Å². The molecule has 1 saturated heterocycles. The van der Waals surface area contributed by atoms with Crippen LogP contribution >= 0.6 is 0 Å². The van der Waals surface area contributed by atoms with Gasteiger partial charge in [-0.1, -0.05) is 24.3 Å². The summed E-state index contributed by atoms with van der Waals surface area (Å²) in [5.74, 6) is -2.83. The Bertz CT molecular complexity index is 1850. The molecule has 12 heteroatoms. The van der Waals surface area contributed by atoms with Gasteiger partial charge < -0.3 is 28.4 Å². The number of hydrogen-bond acceptors (Lipinski definition) is 12. The van der Waals surface area contributed by atoms with Gasteiger partial charge in [0, 0.05) is 6.21 Å². The van der Waals surface area contributed by atoms with E-state index in [0.717, 1.165) is 27.8 Å². The van der Waals surface area contributed by atoms with E-state index in [4.69, 9.17) is 33.4 Å². The molecule has 0 unspecified atom stereocenters. The molecule has 0 amide bonds. The molecule has 7 rings (SSSR count). The zero-order chi connectivity index (χ0) is 42.7. The van der Waals surface area contributed by atoms with E-state index in [9.17, 15) is 24.0 Å². The average molecular weight is 792 g/mol. The van der Waals surface area contributed by atoms with Gasteiger partial charge in [0.2, 0.25) is 0 Å². The summed E-state index contributed by atoms with van der Waals surface area (Å²) in [7, 11) is 1.37. The predicted molar refractivity (Wildman–Crippen MR) is 214 cm³/mol. The number of carbonyl (C=O) groups excluding carboxylic acids is 5. The summed E-state index contributed by atoms with van der Waals surface area (Å²) >= 11 is 0. The monoisotopic (exact) mass is 791 g/mol. The quantitative estimate of drug-likeness (QED) is 0.155. The number of nitrogens with zero attached hydrogens (tertiary/aromatic N) is 1. The van der Waals surface area contributed by atoms with Gasteiger partial charge in [-0.25, -0.2) is 4.79 Å². The van der Waals surface area contributed by atoms with E-state index in [0.29, 0.717) is 31.2 Å². The Hall–Kier alpha value is -4.58. The molecule has 0 N–H and O–H groups in total. The van der Waals surface area contributed by atoms with Crippen molar-refractivity contribution in [3.63, 3.8) is 0 Å². The molecule has 1 heterocycles. The van der Waals surface area contributed by atoms with Crippen molar-refractivity contribution in [3.05, 3.63) is 69.8 Å². The first-order valence-electron chi connectivity index (χ1n) is 19.6. The van der Waals surface area contributed by atoms with Crippen molar-refractivity contribution in [3.8, 4) is 0 Å². The second-order valence-corrected chi connectivity index (χ2v) is 19.1. The van der Waals surface area contributed by atoms with Crippen LogP contribution in [0.25, 0.3) is 0 Å². The maximum Gasteiger partial charge on any atom is 0.338 e. The van der Waals surface area contributed by atoms with Gasteiger partial charge in [0.15, 0.2) is 24.5 Å². The number of rotatable bonds is 8. The van der Waals surface area contributed by atoms with E-state index in [-0.39, 0.29) is 12.6 Å². The number of carbonyl (C=O) groups is 5. The molecule has 12 nitrogen and oxygen atoms in total. The van der Waals surface area contributed by atoms with Crippen LogP contribution in [0.1, 0.15) is 121 Å². The third-order valence-corrected chi connectivity index (χ3v) is 9.68. The van der Waals surface area contributed by atoms with Crippen molar-refractivity contribution >= 4 is 36.1 Å². The third-order valence-electron chi connectivity index (χ3n) is 9.68. The fraction of sp³-hybridized carbons (Fsp3) is 0.600. The highest BCUT2D eigenvalue weighted by atomic mass is 16.7. The summed E-state index contributed by atoms with van der Waals surface area (Å²) in [5.41, 5.74) is 1.29. The SMILES string of the molecule is COC(=O)c1cc2ccc1CCc1ccc(cc1/C=N/[C@@H]1O[C@H](COC(=O)C(C)(C)C)[C@H](OC(=O)C(C)(C)C)[C@H](OC(=O)C(C)(C)C)[C@H]1OC(=O)C(C)(C)C)CC2. The first-order valence-corrected chi connectivity index (χ1v) is 19.6. The summed E-state index contributed by atoms with van der Waals surface area (Å²) in [6.45, 7) is 19.8. The number of benzene rings is 2. The lowest BCUT2D eigenvalue weighted by molar-refractivity contribution is -0.258. The predicted octanol–water partition coefficient (Wildman–Crippen LogP) is 6.96. The molecule has 0 saturated carbocycles. The van der Waals surface area contributed by atoms with Crippen LogP contribution in [0, 0.1) is 21.7 Å². The third kappa shape index (κ3) is 11.7. The summed E-state index contributed by atoms with van der Waals surface area (Å²) in [6.07, 6.45) is -2.54. The topological polar surface area (TPSA) is 153 Å². The Balaban J connectivity index is 1.85. The molecule has 5 atom stereocenters. The molecule has 2 aromatic rings. The fourth-order valence-electron chi connectivity index (χ4n) is 5.98. The number of aryl methyl sites for hydroxylation is 4. The molecule has 5 aliphatic rings. The van der Waals surface area contributed by atoms with Gasteiger partial charge in [-0.2, -0.15) is 0 Å². The molecule has 1 aliphatic heterocycles. The van der Waals surface area contributed by atoms with Crippen LogP contribution in [0.15, 0.2) is 41.4 Å². The van der Waals surface area contributed by atoms with Gasteiger partial charge in [-0.05, 0) is 149 Å². The first-order chi connectivity index (χ1) is 26.3. The Labute approximate surface area is 337 Å². The Morgan fingerprint density at radius 2 is 1.11 bits per heavy atom. The number of aliphatic imine (C=N–C) groups is 1. The highest BCUT2D eigenvalue weighted by Crippen LogP contribution is 2.35. The van der Waals surface area contributed by atoms with Crippen LogP contribution in [-0.2, 0) is 73.3 Å². The minimum absolute atomic E-state index is 0.380. The summed E-state index contributed by atoms with van der Waals surface area (Å²) in [6, 6.07) is 12.1. The Morgan fingerprint density at radius 3 is 1.63 bits per heavy atom. The lowest BCUT2D eigenvalue weighted by atomic mass is 9.91. The summed E-state index contributed by atoms with van der Waals surface area (Å²) in [4.78, 5) is 71.5. The van der Waals surface area contributed by atoms with Crippen LogP contribution in [0.5, 0.6) is 0 Å². The highest BCUT2D eigenvalue weighted by molar-refractivity contribution is 5.91. The first kappa shape index (κ1) is 45.1. The number of methoxy groups -OCH3 is 1. The highest BCUT2D eigenvalue weighted by Gasteiger charge is 2.54. The van der Waals surface area contributed by atoms with E-state index in [1.165, 1.54) is 7.11 Å². The molecular weight excluding hydrogens is 730 g/mol. The molecule has 4 bridgehead atoms. The van der Waals surface area contributed by atoms with E-state index in [1.807, 2.05) is 30.3 Å². The Kier molecular flexibility index (Phi) is 13.9. The largest absolute Gasteiger partial charge is 0.465 e.